The third kappa shape index (κ3) is 5.11. The first kappa shape index (κ1) is 17.6. The molecule has 6 nitrogen and oxygen atoms in total. The van der Waals surface area contributed by atoms with Gasteiger partial charge >= 0.3 is 5.97 Å². The number of methoxy groups -OCH3 is 1. The summed E-state index contributed by atoms with van der Waals surface area (Å²) in [4.78, 5) is 12.9. The zero-order valence-corrected chi connectivity index (χ0v) is 13.8. The lowest BCUT2D eigenvalue weighted by molar-refractivity contribution is -0.137. The molecule has 1 saturated heterocycles. The maximum Gasteiger partial charge on any atom is 0.303 e. The molecule has 1 aliphatic rings. The van der Waals surface area contributed by atoms with Crippen molar-refractivity contribution >= 4 is 5.97 Å². The van der Waals surface area contributed by atoms with Crippen LogP contribution in [-0.4, -0.2) is 49.3 Å². The van der Waals surface area contributed by atoms with Crippen molar-refractivity contribution in [2.45, 2.75) is 37.8 Å². The second-order valence-corrected chi connectivity index (χ2v) is 6.09. The molecule has 0 radical (unpaired) electrons. The Morgan fingerprint density at radius 2 is 2.26 bits per heavy atom. The molecule has 0 amide bonds. The number of rotatable bonds is 7. The number of aliphatic carboxylic acids is 1. The van der Waals surface area contributed by atoms with Crippen LogP contribution in [0.15, 0.2) is 18.2 Å². The molecule has 0 spiro atoms. The molecule has 3 N–H and O–H groups in total. The molecule has 128 valence electrons. The number of hydrogen-bond donors (Lipinski definition) is 2. The summed E-state index contributed by atoms with van der Waals surface area (Å²) in [6.07, 6.45) is 2.77. The molecule has 6 heteroatoms. The van der Waals surface area contributed by atoms with Crippen molar-refractivity contribution in [1.29, 1.82) is 0 Å². The average molecular weight is 322 g/mol. The van der Waals surface area contributed by atoms with Crippen LogP contribution in [0.4, 0.5) is 0 Å². The van der Waals surface area contributed by atoms with Gasteiger partial charge in [0.05, 0.1) is 7.11 Å². The summed E-state index contributed by atoms with van der Waals surface area (Å²) in [5, 5.41) is 8.75. The number of piperidine rings is 1. The van der Waals surface area contributed by atoms with Gasteiger partial charge in [0.2, 0.25) is 0 Å². The van der Waals surface area contributed by atoms with Gasteiger partial charge in [-0.3, -0.25) is 4.79 Å². The van der Waals surface area contributed by atoms with E-state index in [0.29, 0.717) is 17.9 Å². The van der Waals surface area contributed by atoms with Crippen LogP contribution >= 0.6 is 0 Å². The van der Waals surface area contributed by atoms with E-state index in [4.69, 9.17) is 20.3 Å². The second-order valence-electron chi connectivity index (χ2n) is 6.09. The van der Waals surface area contributed by atoms with Crippen LogP contribution in [0.3, 0.4) is 0 Å². The number of carbonyl (C=O) groups is 1. The highest BCUT2D eigenvalue weighted by atomic mass is 16.5. The van der Waals surface area contributed by atoms with Gasteiger partial charge in [-0.05, 0) is 50.6 Å². The smallest absolute Gasteiger partial charge is 0.303 e. The first-order valence-electron chi connectivity index (χ1n) is 8.00. The molecule has 0 aromatic heterocycles. The van der Waals surface area contributed by atoms with Crippen molar-refractivity contribution < 1.29 is 19.4 Å². The van der Waals surface area contributed by atoms with E-state index in [0.717, 1.165) is 31.5 Å². The van der Waals surface area contributed by atoms with Crippen molar-refractivity contribution in [2.75, 3.05) is 27.2 Å². The quantitative estimate of drug-likeness (QED) is 0.799. The summed E-state index contributed by atoms with van der Waals surface area (Å²) in [5.41, 5.74) is 6.91. The van der Waals surface area contributed by atoms with E-state index in [-0.39, 0.29) is 18.6 Å². The van der Waals surface area contributed by atoms with E-state index in [9.17, 15) is 4.79 Å². The molecule has 0 bridgehead atoms. The van der Waals surface area contributed by atoms with Gasteiger partial charge < -0.3 is 25.2 Å². The molecule has 0 saturated carbocycles. The van der Waals surface area contributed by atoms with Crippen molar-refractivity contribution in [3.8, 4) is 11.5 Å². The molecular formula is C17H26N2O4. The number of hydrogen-bond acceptors (Lipinski definition) is 5. The molecular weight excluding hydrogens is 296 g/mol. The van der Waals surface area contributed by atoms with Crippen molar-refractivity contribution in [1.82, 2.24) is 4.90 Å². The average Bonchev–Trinajstić information content (AvgIpc) is 2.53. The summed E-state index contributed by atoms with van der Waals surface area (Å²) < 4.78 is 11.5. The minimum atomic E-state index is -0.839. The van der Waals surface area contributed by atoms with Crippen molar-refractivity contribution in [2.24, 2.45) is 5.73 Å². The predicted octanol–water partition coefficient (Wildman–Crippen LogP) is 2.03. The van der Waals surface area contributed by atoms with Crippen molar-refractivity contribution in [3.63, 3.8) is 0 Å². The number of benzene rings is 1. The SMILES string of the molecule is COc1cc(C(N)CCC(=O)O)ccc1OC1CCCN(C)C1. The van der Waals surface area contributed by atoms with E-state index >= 15 is 0 Å². The minimum Gasteiger partial charge on any atom is -0.493 e. The van der Waals surface area contributed by atoms with Crippen LogP contribution in [0.5, 0.6) is 11.5 Å². The predicted molar refractivity (Wildman–Crippen MR) is 87.9 cm³/mol. The Labute approximate surface area is 137 Å². The Hall–Kier alpha value is -1.79. The fourth-order valence-electron chi connectivity index (χ4n) is 2.85. The van der Waals surface area contributed by atoms with E-state index in [1.807, 2.05) is 18.2 Å². The lowest BCUT2D eigenvalue weighted by Crippen LogP contribution is -2.38. The van der Waals surface area contributed by atoms with Gasteiger partial charge in [-0.15, -0.1) is 0 Å². The van der Waals surface area contributed by atoms with Gasteiger partial charge in [-0.25, -0.2) is 0 Å². The highest BCUT2D eigenvalue weighted by molar-refractivity contribution is 5.66. The number of likely N-dealkylation sites (N-methyl/N-ethyl adjacent to an activating group) is 1. The minimum absolute atomic E-state index is 0.0517. The highest BCUT2D eigenvalue weighted by Gasteiger charge is 2.20. The molecule has 0 aliphatic carbocycles. The van der Waals surface area contributed by atoms with Crippen LogP contribution in [0.25, 0.3) is 0 Å². The van der Waals surface area contributed by atoms with E-state index in [2.05, 4.69) is 11.9 Å². The number of carboxylic acids is 1. The number of nitrogens with two attached hydrogens (primary N) is 1. The Kier molecular flexibility index (Phi) is 6.24. The second kappa shape index (κ2) is 8.17. The highest BCUT2D eigenvalue weighted by Crippen LogP contribution is 2.32. The number of likely N-dealkylation sites (tertiary alicyclic amines) is 1. The molecule has 2 atom stereocenters. The molecule has 1 aromatic rings. The van der Waals surface area contributed by atoms with E-state index < -0.39 is 5.97 Å². The van der Waals surface area contributed by atoms with Crippen LogP contribution < -0.4 is 15.2 Å². The summed E-state index contributed by atoms with van der Waals surface area (Å²) >= 11 is 0. The monoisotopic (exact) mass is 322 g/mol. The molecule has 2 unspecified atom stereocenters. The van der Waals surface area contributed by atoms with Crippen LogP contribution in [0.2, 0.25) is 0 Å². The van der Waals surface area contributed by atoms with Gasteiger partial charge in [0.25, 0.3) is 0 Å². The van der Waals surface area contributed by atoms with Crippen molar-refractivity contribution in [3.05, 3.63) is 23.8 Å². The maximum atomic E-state index is 10.7. The number of ether oxygens (including phenoxy) is 2. The maximum absolute atomic E-state index is 10.7. The Bertz CT molecular complexity index is 535. The lowest BCUT2D eigenvalue weighted by atomic mass is 10.0. The third-order valence-electron chi connectivity index (χ3n) is 4.16. The summed E-state index contributed by atoms with van der Waals surface area (Å²) in [6.45, 7) is 2.01. The molecule has 1 fully saturated rings. The third-order valence-corrected chi connectivity index (χ3v) is 4.16. The molecule has 1 heterocycles. The molecule has 2 rings (SSSR count). The van der Waals surface area contributed by atoms with Crippen LogP contribution in [0.1, 0.15) is 37.3 Å². The molecule has 1 aromatic carbocycles. The first-order valence-corrected chi connectivity index (χ1v) is 8.00. The fraction of sp³-hybridized carbons (Fsp3) is 0.588. The van der Waals surface area contributed by atoms with Gasteiger partial charge in [-0.2, -0.15) is 0 Å². The standard InChI is InChI=1S/C17H26N2O4/c1-19-9-3-4-13(11-19)23-15-7-5-12(10-16(15)22-2)14(18)6-8-17(20)21/h5,7,10,13-14H,3-4,6,8-9,11,18H2,1-2H3,(H,20,21). The Balaban J connectivity index is 2.05. The number of nitrogens with zero attached hydrogens (tertiary/aromatic N) is 1. The Morgan fingerprint density at radius 3 is 2.91 bits per heavy atom. The topological polar surface area (TPSA) is 85.0 Å². The lowest BCUT2D eigenvalue weighted by Gasteiger charge is -2.30. The van der Waals surface area contributed by atoms with E-state index in [1.54, 1.807) is 7.11 Å². The molecule has 1 aliphatic heterocycles. The zero-order chi connectivity index (χ0) is 16.8. The summed E-state index contributed by atoms with van der Waals surface area (Å²) in [7, 11) is 3.69. The number of carboxylic acid groups (broad SMARTS) is 1. The van der Waals surface area contributed by atoms with Crippen LogP contribution in [0, 0.1) is 0 Å². The largest absolute Gasteiger partial charge is 0.493 e. The summed E-state index contributed by atoms with van der Waals surface area (Å²) in [5.74, 6) is 0.511. The fourth-order valence-corrected chi connectivity index (χ4v) is 2.85. The van der Waals surface area contributed by atoms with E-state index in [1.165, 1.54) is 0 Å². The van der Waals surface area contributed by atoms with Gasteiger partial charge in [0.15, 0.2) is 11.5 Å². The summed E-state index contributed by atoms with van der Waals surface area (Å²) in [6, 6.07) is 5.27. The zero-order valence-electron chi connectivity index (χ0n) is 13.8. The van der Waals surface area contributed by atoms with Gasteiger partial charge in [0.1, 0.15) is 6.10 Å². The van der Waals surface area contributed by atoms with Crippen LogP contribution in [-0.2, 0) is 4.79 Å². The Morgan fingerprint density at radius 1 is 1.48 bits per heavy atom. The van der Waals surface area contributed by atoms with Gasteiger partial charge in [-0.1, -0.05) is 6.07 Å². The molecule has 23 heavy (non-hydrogen) atoms. The van der Waals surface area contributed by atoms with Gasteiger partial charge in [0, 0.05) is 19.0 Å². The first-order chi connectivity index (χ1) is 11.0. The normalized spacial score (nSPS) is 20.0.